The van der Waals surface area contributed by atoms with E-state index in [0.717, 1.165) is 36.3 Å². The number of nitrogens with zero attached hydrogens (tertiary/aromatic N) is 2. The summed E-state index contributed by atoms with van der Waals surface area (Å²) in [5, 5.41) is 5.47. The Hall–Kier alpha value is -2.37. The average Bonchev–Trinajstić information content (AvgIpc) is 2.91. The van der Waals surface area contributed by atoms with Crippen LogP contribution < -0.4 is 5.43 Å². The molecule has 3 nitrogen and oxygen atoms in total. The summed E-state index contributed by atoms with van der Waals surface area (Å²) in [4.78, 5) is 13.5. The van der Waals surface area contributed by atoms with Crippen LogP contribution in [0.15, 0.2) is 74.6 Å². The molecule has 25 heavy (non-hydrogen) atoms. The molecule has 0 radical (unpaired) electrons. The number of hydrogen-bond donors (Lipinski definition) is 0. The third-order valence-electron chi connectivity index (χ3n) is 4.04. The molecule has 2 aromatic carbocycles. The van der Waals surface area contributed by atoms with Crippen LogP contribution in [-0.4, -0.2) is 9.78 Å². The Morgan fingerprint density at radius 1 is 1.00 bits per heavy atom. The molecule has 0 atom stereocenters. The largest absolute Gasteiger partial charge is 0.289 e. The number of para-hydroxylation sites is 1. The van der Waals surface area contributed by atoms with Crippen molar-refractivity contribution in [3.8, 4) is 5.69 Å². The summed E-state index contributed by atoms with van der Waals surface area (Å²) in [5.41, 5.74) is 3.17. The van der Waals surface area contributed by atoms with E-state index in [0.29, 0.717) is 0 Å². The van der Waals surface area contributed by atoms with E-state index in [1.54, 1.807) is 29.2 Å². The molecule has 0 fully saturated rings. The molecule has 0 spiro atoms. The third kappa shape index (κ3) is 3.01. The Labute approximate surface area is 153 Å². The summed E-state index contributed by atoms with van der Waals surface area (Å²) >= 11 is 3.26. The molecule has 0 aliphatic carbocycles. The minimum Gasteiger partial charge on any atom is -0.289 e. The number of benzene rings is 2. The van der Waals surface area contributed by atoms with Crippen LogP contribution >= 0.6 is 23.1 Å². The van der Waals surface area contributed by atoms with Crippen LogP contribution in [0.4, 0.5) is 0 Å². The van der Waals surface area contributed by atoms with E-state index in [2.05, 4.69) is 12.0 Å². The topological polar surface area (TPSA) is 34.9 Å². The molecule has 0 aliphatic rings. The smallest absolute Gasteiger partial charge is 0.189 e. The molecule has 2 aromatic heterocycles. The Balaban J connectivity index is 1.77. The van der Waals surface area contributed by atoms with Gasteiger partial charge in [-0.3, -0.25) is 4.79 Å². The van der Waals surface area contributed by atoms with Gasteiger partial charge in [0.25, 0.3) is 0 Å². The van der Waals surface area contributed by atoms with E-state index in [4.69, 9.17) is 0 Å². The van der Waals surface area contributed by atoms with Gasteiger partial charge in [0.15, 0.2) is 5.43 Å². The summed E-state index contributed by atoms with van der Waals surface area (Å²) in [6, 6.07) is 19.6. The van der Waals surface area contributed by atoms with Crippen molar-refractivity contribution < 1.29 is 0 Å². The molecule has 2 heterocycles. The second kappa shape index (κ2) is 6.50. The molecule has 0 bridgehead atoms. The molecule has 4 rings (SSSR count). The highest BCUT2D eigenvalue weighted by atomic mass is 32.2. The van der Waals surface area contributed by atoms with Gasteiger partial charge in [0.1, 0.15) is 0 Å². The van der Waals surface area contributed by atoms with Gasteiger partial charge in [0.2, 0.25) is 0 Å². The molecular formula is C20H16N2OS2. The van der Waals surface area contributed by atoms with Crippen LogP contribution in [0.2, 0.25) is 0 Å². The molecule has 124 valence electrons. The molecule has 0 amide bonds. The third-order valence-corrected chi connectivity index (χ3v) is 6.55. The highest BCUT2D eigenvalue weighted by molar-refractivity contribution is 8.01. The average molecular weight is 364 g/mol. The summed E-state index contributed by atoms with van der Waals surface area (Å²) in [7, 11) is 0. The van der Waals surface area contributed by atoms with Gasteiger partial charge in [-0.2, -0.15) is 5.10 Å². The zero-order valence-corrected chi connectivity index (χ0v) is 15.5. The van der Waals surface area contributed by atoms with Crippen molar-refractivity contribution in [2.24, 2.45) is 0 Å². The van der Waals surface area contributed by atoms with E-state index in [-0.39, 0.29) is 5.43 Å². The van der Waals surface area contributed by atoms with Gasteiger partial charge in [0.05, 0.1) is 26.2 Å². The predicted molar refractivity (Wildman–Crippen MR) is 105 cm³/mol. The van der Waals surface area contributed by atoms with E-state index in [1.807, 2.05) is 66.2 Å². The van der Waals surface area contributed by atoms with E-state index < -0.39 is 0 Å². The highest BCUT2D eigenvalue weighted by Crippen LogP contribution is 2.37. The van der Waals surface area contributed by atoms with Crippen LogP contribution in [0.1, 0.15) is 11.4 Å². The molecule has 0 saturated carbocycles. The Kier molecular flexibility index (Phi) is 4.19. The Morgan fingerprint density at radius 3 is 2.52 bits per heavy atom. The fourth-order valence-corrected chi connectivity index (χ4v) is 5.11. The lowest BCUT2D eigenvalue weighted by atomic mass is 10.2. The van der Waals surface area contributed by atoms with Crippen molar-refractivity contribution in [3.63, 3.8) is 0 Å². The quantitative estimate of drug-likeness (QED) is 0.500. The first kappa shape index (κ1) is 16.1. The lowest BCUT2D eigenvalue weighted by molar-refractivity contribution is 0.832. The monoisotopic (exact) mass is 364 g/mol. The number of fused-ring (bicyclic) bond motifs is 1. The van der Waals surface area contributed by atoms with E-state index in [1.165, 1.54) is 0 Å². The molecule has 0 saturated heterocycles. The van der Waals surface area contributed by atoms with Gasteiger partial charge in [-0.1, -0.05) is 42.1 Å². The molecule has 0 unspecified atom stereocenters. The summed E-state index contributed by atoms with van der Waals surface area (Å²) in [6.07, 6.45) is 0. The van der Waals surface area contributed by atoms with Crippen molar-refractivity contribution in [2.75, 3.05) is 0 Å². The standard InChI is InChI=1S/C20H16N2OS2/c1-13-20(14(2)22(21-13)15-8-4-3-5-9-15)25-19-12-17(23)16-10-6-7-11-18(16)24-19/h3-12H,1-2H3. The van der Waals surface area contributed by atoms with Crippen LogP contribution in [0.25, 0.3) is 15.8 Å². The number of rotatable bonds is 3. The van der Waals surface area contributed by atoms with Crippen LogP contribution in [-0.2, 0) is 0 Å². The maximum Gasteiger partial charge on any atom is 0.189 e. The lowest BCUT2D eigenvalue weighted by Gasteiger charge is -2.05. The summed E-state index contributed by atoms with van der Waals surface area (Å²) in [6.45, 7) is 4.08. The summed E-state index contributed by atoms with van der Waals surface area (Å²) in [5.74, 6) is 0. The van der Waals surface area contributed by atoms with Gasteiger partial charge >= 0.3 is 0 Å². The van der Waals surface area contributed by atoms with E-state index >= 15 is 0 Å². The molecular weight excluding hydrogens is 348 g/mol. The van der Waals surface area contributed by atoms with Gasteiger partial charge in [-0.05, 0) is 38.1 Å². The first-order valence-electron chi connectivity index (χ1n) is 7.96. The van der Waals surface area contributed by atoms with Crippen LogP contribution in [0, 0.1) is 13.8 Å². The fraction of sp³-hybridized carbons (Fsp3) is 0.100. The van der Waals surface area contributed by atoms with Crippen molar-refractivity contribution in [1.82, 2.24) is 9.78 Å². The second-order valence-electron chi connectivity index (χ2n) is 5.78. The van der Waals surface area contributed by atoms with Gasteiger partial charge in [-0.15, -0.1) is 11.3 Å². The lowest BCUT2D eigenvalue weighted by Crippen LogP contribution is -1.99. The maximum atomic E-state index is 12.4. The zero-order valence-electron chi connectivity index (χ0n) is 13.9. The molecule has 0 aliphatic heterocycles. The zero-order chi connectivity index (χ0) is 17.4. The SMILES string of the molecule is Cc1nn(-c2ccccc2)c(C)c1Sc1cc(=O)c2ccccc2s1. The molecule has 0 N–H and O–H groups in total. The first-order valence-corrected chi connectivity index (χ1v) is 9.59. The minimum atomic E-state index is 0.0719. The van der Waals surface area contributed by atoms with Crippen molar-refractivity contribution in [1.29, 1.82) is 0 Å². The van der Waals surface area contributed by atoms with Gasteiger partial charge < -0.3 is 0 Å². The van der Waals surface area contributed by atoms with Gasteiger partial charge in [0, 0.05) is 16.2 Å². The van der Waals surface area contributed by atoms with Crippen LogP contribution in [0.3, 0.4) is 0 Å². The Morgan fingerprint density at radius 2 is 1.72 bits per heavy atom. The van der Waals surface area contributed by atoms with Crippen molar-refractivity contribution in [3.05, 3.63) is 82.3 Å². The number of aryl methyl sites for hydroxylation is 1. The fourth-order valence-electron chi connectivity index (χ4n) is 2.83. The van der Waals surface area contributed by atoms with Crippen molar-refractivity contribution >= 4 is 33.2 Å². The summed E-state index contributed by atoms with van der Waals surface area (Å²) < 4.78 is 3.97. The predicted octanol–water partition coefficient (Wildman–Crippen LogP) is 5.22. The van der Waals surface area contributed by atoms with Crippen molar-refractivity contribution in [2.45, 2.75) is 23.0 Å². The normalized spacial score (nSPS) is 11.1. The highest BCUT2D eigenvalue weighted by Gasteiger charge is 2.15. The second-order valence-corrected chi connectivity index (χ2v) is 8.17. The van der Waals surface area contributed by atoms with Crippen LogP contribution in [0.5, 0.6) is 0 Å². The first-order chi connectivity index (χ1) is 12.1. The molecule has 4 aromatic rings. The minimum absolute atomic E-state index is 0.0719. The maximum absolute atomic E-state index is 12.4. The number of aromatic nitrogens is 2. The van der Waals surface area contributed by atoms with E-state index in [9.17, 15) is 4.79 Å². The number of hydrogen-bond acceptors (Lipinski definition) is 4. The van der Waals surface area contributed by atoms with Gasteiger partial charge in [-0.25, -0.2) is 4.68 Å². The Bertz CT molecular complexity index is 1110. The molecule has 5 heteroatoms.